The summed E-state index contributed by atoms with van der Waals surface area (Å²) >= 11 is 0. The fraction of sp³-hybridized carbons (Fsp3) is 0.467. The number of nitrogens with zero attached hydrogens (tertiary/aromatic N) is 1. The van der Waals surface area contributed by atoms with Crippen molar-refractivity contribution in [1.29, 1.82) is 0 Å². The Morgan fingerprint density at radius 3 is 2.90 bits per heavy atom. The van der Waals surface area contributed by atoms with Crippen molar-refractivity contribution in [2.45, 2.75) is 32.2 Å². The number of rotatable bonds is 5. The van der Waals surface area contributed by atoms with E-state index in [4.69, 9.17) is 5.11 Å². The van der Waals surface area contributed by atoms with Crippen molar-refractivity contribution in [3.63, 3.8) is 0 Å². The minimum Gasteiger partial charge on any atom is -0.481 e. The molecule has 6 heteroatoms. The zero-order valence-electron chi connectivity index (χ0n) is 11.9. The van der Waals surface area contributed by atoms with Crippen molar-refractivity contribution in [3.8, 4) is 0 Å². The quantitative estimate of drug-likeness (QED) is 0.871. The number of carboxylic acid groups (broad SMARTS) is 1. The van der Waals surface area contributed by atoms with Crippen molar-refractivity contribution in [2.75, 3.05) is 18.4 Å². The molecule has 1 heterocycles. The van der Waals surface area contributed by atoms with Crippen LogP contribution in [0, 0.1) is 12.7 Å². The average Bonchev–Trinajstić information content (AvgIpc) is 2.80. The predicted octanol–water partition coefficient (Wildman–Crippen LogP) is 2.01. The maximum Gasteiger partial charge on any atom is 0.304 e. The molecule has 1 aliphatic rings. The van der Waals surface area contributed by atoms with Crippen LogP contribution in [0.4, 0.5) is 10.1 Å². The number of benzene rings is 1. The van der Waals surface area contributed by atoms with Crippen molar-refractivity contribution in [1.82, 2.24) is 4.90 Å². The summed E-state index contributed by atoms with van der Waals surface area (Å²) < 4.78 is 13.4. The minimum absolute atomic E-state index is 0.0481. The molecule has 0 bridgehead atoms. The number of aryl methyl sites for hydroxylation is 1. The van der Waals surface area contributed by atoms with E-state index in [0.29, 0.717) is 17.8 Å². The molecule has 0 saturated carbocycles. The zero-order chi connectivity index (χ0) is 15.4. The van der Waals surface area contributed by atoms with Gasteiger partial charge in [0.15, 0.2) is 0 Å². The van der Waals surface area contributed by atoms with Crippen LogP contribution in [-0.2, 0) is 9.59 Å². The highest BCUT2D eigenvalue weighted by Gasteiger charge is 2.27. The Hall–Kier alpha value is -1.95. The number of likely N-dealkylation sites (tertiary alicyclic amines) is 1. The van der Waals surface area contributed by atoms with Gasteiger partial charge in [-0.2, -0.15) is 0 Å². The Bertz CT molecular complexity index is 548. The lowest BCUT2D eigenvalue weighted by atomic mass is 10.1. The second kappa shape index (κ2) is 6.67. The number of amides is 1. The lowest BCUT2D eigenvalue weighted by molar-refractivity contribution is -0.138. The summed E-state index contributed by atoms with van der Waals surface area (Å²) in [6.45, 7) is 2.50. The van der Waals surface area contributed by atoms with E-state index in [0.717, 1.165) is 12.8 Å². The Kier molecular flexibility index (Phi) is 4.90. The largest absolute Gasteiger partial charge is 0.481 e. The molecular formula is C15H19FN2O3. The molecule has 1 saturated heterocycles. The standard InChI is InChI=1S/C15H19FN2O3/c1-10-4-5-11(7-13(10)16)17-14(19)9-18-6-2-3-12(18)8-15(20)21/h4-5,7,12H,2-3,6,8-9H2,1H3,(H,17,19)(H,20,21). The normalized spacial score (nSPS) is 18.7. The molecule has 1 amide bonds. The van der Waals surface area contributed by atoms with Gasteiger partial charge >= 0.3 is 5.97 Å². The monoisotopic (exact) mass is 294 g/mol. The fourth-order valence-electron chi connectivity index (χ4n) is 2.59. The van der Waals surface area contributed by atoms with Gasteiger partial charge in [0.1, 0.15) is 5.82 Å². The average molecular weight is 294 g/mol. The Labute approximate surface area is 122 Å². The maximum atomic E-state index is 13.4. The molecule has 1 unspecified atom stereocenters. The van der Waals surface area contributed by atoms with Gasteiger partial charge in [0, 0.05) is 11.7 Å². The molecule has 1 aromatic carbocycles. The molecule has 0 spiro atoms. The second-order valence-corrected chi connectivity index (χ2v) is 5.38. The molecule has 1 atom stereocenters. The van der Waals surface area contributed by atoms with E-state index in [1.807, 2.05) is 4.90 Å². The van der Waals surface area contributed by atoms with Crippen LogP contribution in [0.2, 0.25) is 0 Å². The number of aliphatic carboxylic acids is 1. The molecule has 1 aliphatic heterocycles. The van der Waals surface area contributed by atoms with Gasteiger partial charge in [0.2, 0.25) is 5.91 Å². The van der Waals surface area contributed by atoms with Crippen molar-refractivity contribution in [2.24, 2.45) is 0 Å². The van der Waals surface area contributed by atoms with Gasteiger partial charge in [-0.3, -0.25) is 14.5 Å². The molecule has 114 valence electrons. The number of hydrogen-bond acceptors (Lipinski definition) is 3. The number of halogens is 1. The lowest BCUT2D eigenvalue weighted by Crippen LogP contribution is -2.37. The Morgan fingerprint density at radius 2 is 2.24 bits per heavy atom. The number of carbonyl (C=O) groups excluding carboxylic acids is 1. The first-order valence-electron chi connectivity index (χ1n) is 6.97. The van der Waals surface area contributed by atoms with E-state index in [2.05, 4.69) is 5.32 Å². The number of carbonyl (C=O) groups is 2. The molecule has 0 aromatic heterocycles. The van der Waals surface area contributed by atoms with Crippen LogP contribution in [0.1, 0.15) is 24.8 Å². The number of nitrogens with one attached hydrogen (secondary N) is 1. The van der Waals surface area contributed by atoms with Crippen LogP contribution < -0.4 is 5.32 Å². The van der Waals surface area contributed by atoms with Crippen LogP contribution in [0.15, 0.2) is 18.2 Å². The topological polar surface area (TPSA) is 69.6 Å². The van der Waals surface area contributed by atoms with Gasteiger partial charge in [-0.05, 0) is 44.0 Å². The second-order valence-electron chi connectivity index (χ2n) is 5.38. The smallest absolute Gasteiger partial charge is 0.304 e. The van der Waals surface area contributed by atoms with E-state index < -0.39 is 5.97 Å². The summed E-state index contributed by atoms with van der Waals surface area (Å²) in [6, 6.07) is 4.44. The van der Waals surface area contributed by atoms with E-state index in [-0.39, 0.29) is 30.7 Å². The third-order valence-electron chi connectivity index (χ3n) is 3.71. The molecule has 21 heavy (non-hydrogen) atoms. The summed E-state index contributed by atoms with van der Waals surface area (Å²) in [7, 11) is 0. The molecule has 1 aromatic rings. The number of carboxylic acids is 1. The van der Waals surface area contributed by atoms with E-state index in [1.54, 1.807) is 19.1 Å². The predicted molar refractivity (Wildman–Crippen MR) is 76.6 cm³/mol. The highest BCUT2D eigenvalue weighted by Crippen LogP contribution is 2.20. The number of anilines is 1. The SMILES string of the molecule is Cc1ccc(NC(=O)CN2CCCC2CC(=O)O)cc1F. The molecule has 0 aliphatic carbocycles. The van der Waals surface area contributed by atoms with Crippen molar-refractivity contribution < 1.29 is 19.1 Å². The maximum absolute atomic E-state index is 13.4. The Morgan fingerprint density at radius 1 is 1.48 bits per heavy atom. The fourth-order valence-corrected chi connectivity index (χ4v) is 2.59. The highest BCUT2D eigenvalue weighted by molar-refractivity contribution is 5.92. The van der Waals surface area contributed by atoms with Gasteiger partial charge in [-0.25, -0.2) is 4.39 Å². The Balaban J connectivity index is 1.91. The summed E-state index contributed by atoms with van der Waals surface area (Å²) in [4.78, 5) is 24.6. The van der Waals surface area contributed by atoms with E-state index >= 15 is 0 Å². The van der Waals surface area contributed by atoms with E-state index in [9.17, 15) is 14.0 Å². The van der Waals surface area contributed by atoms with Gasteiger partial charge in [0.25, 0.3) is 0 Å². The number of hydrogen-bond donors (Lipinski definition) is 2. The molecule has 5 nitrogen and oxygen atoms in total. The summed E-state index contributed by atoms with van der Waals surface area (Å²) in [5.74, 6) is -1.47. The molecule has 1 fully saturated rings. The minimum atomic E-state index is -0.854. The van der Waals surface area contributed by atoms with Crippen LogP contribution in [0.5, 0.6) is 0 Å². The molecule has 2 rings (SSSR count). The molecule has 0 radical (unpaired) electrons. The third-order valence-corrected chi connectivity index (χ3v) is 3.71. The van der Waals surface area contributed by atoms with Crippen LogP contribution in [-0.4, -0.2) is 41.0 Å². The summed E-state index contributed by atoms with van der Waals surface area (Å²) in [5, 5.41) is 11.5. The van der Waals surface area contributed by atoms with E-state index in [1.165, 1.54) is 6.07 Å². The summed E-state index contributed by atoms with van der Waals surface area (Å²) in [5.41, 5.74) is 0.936. The van der Waals surface area contributed by atoms with Crippen LogP contribution in [0.25, 0.3) is 0 Å². The summed E-state index contributed by atoms with van der Waals surface area (Å²) in [6.07, 6.45) is 1.73. The van der Waals surface area contributed by atoms with Crippen LogP contribution >= 0.6 is 0 Å². The van der Waals surface area contributed by atoms with Crippen LogP contribution in [0.3, 0.4) is 0 Å². The first kappa shape index (κ1) is 15.4. The molecule has 2 N–H and O–H groups in total. The highest BCUT2D eigenvalue weighted by atomic mass is 19.1. The first-order valence-corrected chi connectivity index (χ1v) is 6.97. The first-order chi connectivity index (χ1) is 9.95. The van der Waals surface area contributed by atoms with Gasteiger partial charge in [-0.1, -0.05) is 6.07 Å². The van der Waals surface area contributed by atoms with Gasteiger partial charge in [0.05, 0.1) is 13.0 Å². The van der Waals surface area contributed by atoms with Crippen molar-refractivity contribution in [3.05, 3.63) is 29.6 Å². The van der Waals surface area contributed by atoms with Crippen molar-refractivity contribution >= 4 is 17.6 Å². The van der Waals surface area contributed by atoms with Gasteiger partial charge < -0.3 is 10.4 Å². The third kappa shape index (κ3) is 4.26. The van der Waals surface area contributed by atoms with Gasteiger partial charge in [-0.15, -0.1) is 0 Å². The lowest BCUT2D eigenvalue weighted by Gasteiger charge is -2.22. The zero-order valence-corrected chi connectivity index (χ0v) is 11.9. The molecular weight excluding hydrogens is 275 g/mol.